The molecule has 1 aliphatic heterocycles. The Morgan fingerprint density at radius 2 is 1.92 bits per heavy atom. The van der Waals surface area contributed by atoms with E-state index in [4.69, 9.17) is 0 Å². The Balaban J connectivity index is 1.88. The zero-order chi connectivity index (χ0) is 18.5. The van der Waals surface area contributed by atoms with Crippen molar-refractivity contribution in [3.05, 3.63) is 70.9 Å². The highest BCUT2D eigenvalue weighted by molar-refractivity contribution is 5.86. The van der Waals surface area contributed by atoms with Crippen LogP contribution in [0.2, 0.25) is 0 Å². The number of nitrogens with two attached hydrogens (primary N) is 1. The third-order valence-corrected chi connectivity index (χ3v) is 4.88. The van der Waals surface area contributed by atoms with E-state index in [1.165, 1.54) is 6.07 Å². The normalized spacial score (nSPS) is 20.1. The molecule has 1 aromatic heterocycles. The summed E-state index contributed by atoms with van der Waals surface area (Å²) in [5.74, 6) is -1.22. The Morgan fingerprint density at radius 3 is 2.65 bits per heavy atom. The number of quaternary nitrogens is 1. The number of aliphatic carboxylic acids is 1. The lowest BCUT2D eigenvalue weighted by Crippen LogP contribution is -2.95. The fraction of sp³-hybridized carbons (Fsp3) is 0.211. The van der Waals surface area contributed by atoms with Crippen LogP contribution in [0.1, 0.15) is 28.4 Å². The van der Waals surface area contributed by atoms with Crippen LogP contribution in [0.25, 0.3) is 10.9 Å². The highest BCUT2D eigenvalue weighted by atomic mass is 19.4. The fourth-order valence-corrected chi connectivity index (χ4v) is 3.67. The van der Waals surface area contributed by atoms with E-state index in [0.29, 0.717) is 5.56 Å². The average Bonchev–Trinajstić information content (AvgIpc) is 2.99. The van der Waals surface area contributed by atoms with Crippen molar-refractivity contribution in [3.63, 3.8) is 0 Å². The second-order valence-electron chi connectivity index (χ2n) is 6.49. The quantitative estimate of drug-likeness (QED) is 0.727. The Morgan fingerprint density at radius 1 is 1.15 bits per heavy atom. The Kier molecular flexibility index (Phi) is 3.77. The predicted octanol–water partition coefficient (Wildman–Crippen LogP) is 1.51. The van der Waals surface area contributed by atoms with Gasteiger partial charge in [-0.2, -0.15) is 13.2 Å². The number of fused-ring (bicyclic) bond motifs is 3. The summed E-state index contributed by atoms with van der Waals surface area (Å²) < 4.78 is 39.2. The topological polar surface area (TPSA) is 72.5 Å². The molecule has 2 heterocycles. The fourth-order valence-electron chi connectivity index (χ4n) is 3.67. The summed E-state index contributed by atoms with van der Waals surface area (Å²) in [5, 5.41) is 13.9. The Hall–Kier alpha value is -2.80. The van der Waals surface area contributed by atoms with Crippen LogP contribution in [0.4, 0.5) is 13.2 Å². The van der Waals surface area contributed by atoms with Crippen LogP contribution < -0.4 is 10.4 Å². The molecule has 0 bridgehead atoms. The molecule has 4 rings (SSSR count). The van der Waals surface area contributed by atoms with E-state index in [0.717, 1.165) is 34.3 Å². The van der Waals surface area contributed by atoms with E-state index >= 15 is 0 Å². The van der Waals surface area contributed by atoms with Crippen LogP contribution in [0.5, 0.6) is 0 Å². The second-order valence-corrected chi connectivity index (χ2v) is 6.49. The molecular weight excluding hydrogens is 345 g/mol. The van der Waals surface area contributed by atoms with Gasteiger partial charge >= 0.3 is 6.18 Å². The summed E-state index contributed by atoms with van der Waals surface area (Å²) in [6, 6.07) is 11.0. The van der Waals surface area contributed by atoms with Crippen LogP contribution in [-0.2, 0) is 17.4 Å². The summed E-state index contributed by atoms with van der Waals surface area (Å²) >= 11 is 0. The standard InChI is InChI=1S/C19H15F3N2O2/c20-19(21,22)11-5-3-4-10(8-11)16-17-13(9-15(24-16)18(25)26)12-6-1-2-7-14(12)23-17/h1-8,15-16,23-24H,9H2,(H,25,26)/t15-,16+/m0/s1. The third kappa shape index (κ3) is 2.74. The molecule has 0 spiro atoms. The van der Waals surface area contributed by atoms with Crippen molar-refractivity contribution < 1.29 is 28.4 Å². The SMILES string of the molecule is O=C([O-])[C@@H]1Cc2c([nH]c3ccccc23)[C@@H](c2cccc(C(F)(F)F)c2)[NH2+]1. The van der Waals surface area contributed by atoms with Gasteiger partial charge < -0.3 is 20.2 Å². The number of nitrogens with one attached hydrogen (secondary N) is 1. The van der Waals surface area contributed by atoms with Crippen LogP contribution in [-0.4, -0.2) is 17.0 Å². The van der Waals surface area contributed by atoms with Gasteiger partial charge in [0, 0.05) is 22.9 Å². The van der Waals surface area contributed by atoms with Gasteiger partial charge in [0.2, 0.25) is 0 Å². The van der Waals surface area contributed by atoms with Gasteiger partial charge in [-0.05, 0) is 23.8 Å². The van der Waals surface area contributed by atoms with Gasteiger partial charge in [0.05, 0.1) is 17.2 Å². The smallest absolute Gasteiger partial charge is 0.416 e. The van der Waals surface area contributed by atoms with E-state index in [-0.39, 0.29) is 6.42 Å². The maximum Gasteiger partial charge on any atom is 0.416 e. The molecule has 0 fully saturated rings. The highest BCUT2D eigenvalue weighted by Crippen LogP contribution is 2.34. The van der Waals surface area contributed by atoms with Gasteiger partial charge in [0.25, 0.3) is 0 Å². The largest absolute Gasteiger partial charge is 0.544 e. The molecule has 7 heteroatoms. The first-order chi connectivity index (χ1) is 12.3. The Bertz CT molecular complexity index is 994. The minimum absolute atomic E-state index is 0.261. The molecule has 0 saturated heterocycles. The molecule has 134 valence electrons. The van der Waals surface area contributed by atoms with Gasteiger partial charge in [0.15, 0.2) is 6.04 Å². The number of H-pyrrole nitrogens is 1. The number of hydrogen-bond donors (Lipinski definition) is 2. The minimum Gasteiger partial charge on any atom is -0.544 e. The van der Waals surface area contributed by atoms with E-state index < -0.39 is 29.8 Å². The summed E-state index contributed by atoms with van der Waals surface area (Å²) in [5.41, 5.74) is 2.04. The number of para-hydroxylation sites is 1. The number of benzene rings is 2. The van der Waals surface area contributed by atoms with Crippen LogP contribution in [0.3, 0.4) is 0 Å². The third-order valence-electron chi connectivity index (χ3n) is 4.88. The monoisotopic (exact) mass is 360 g/mol. The summed E-state index contributed by atoms with van der Waals surface area (Å²) in [4.78, 5) is 14.7. The molecule has 1 aliphatic rings. The lowest BCUT2D eigenvalue weighted by Gasteiger charge is -2.29. The van der Waals surface area contributed by atoms with E-state index in [2.05, 4.69) is 4.98 Å². The first kappa shape index (κ1) is 16.7. The lowest BCUT2D eigenvalue weighted by molar-refractivity contribution is -0.717. The molecule has 0 amide bonds. The van der Waals surface area contributed by atoms with Gasteiger partial charge in [-0.3, -0.25) is 0 Å². The van der Waals surface area contributed by atoms with E-state index in [9.17, 15) is 23.1 Å². The molecule has 3 aromatic rings. The number of halogens is 3. The van der Waals surface area contributed by atoms with Gasteiger partial charge in [-0.15, -0.1) is 0 Å². The van der Waals surface area contributed by atoms with Gasteiger partial charge in [-0.1, -0.05) is 30.3 Å². The van der Waals surface area contributed by atoms with Crippen molar-refractivity contribution in [2.75, 3.05) is 0 Å². The summed E-state index contributed by atoms with van der Waals surface area (Å²) in [7, 11) is 0. The molecule has 0 aliphatic carbocycles. The van der Waals surface area contributed by atoms with E-state index in [1.807, 2.05) is 24.3 Å². The van der Waals surface area contributed by atoms with Gasteiger partial charge in [0.1, 0.15) is 6.04 Å². The van der Waals surface area contributed by atoms with Crippen molar-refractivity contribution in [2.45, 2.75) is 24.7 Å². The summed E-state index contributed by atoms with van der Waals surface area (Å²) in [6.07, 6.45) is -4.20. The van der Waals surface area contributed by atoms with Crippen LogP contribution in [0.15, 0.2) is 48.5 Å². The van der Waals surface area contributed by atoms with Crippen molar-refractivity contribution in [2.24, 2.45) is 0 Å². The molecule has 0 radical (unpaired) electrons. The van der Waals surface area contributed by atoms with Gasteiger partial charge in [-0.25, -0.2) is 0 Å². The first-order valence-electron chi connectivity index (χ1n) is 8.17. The number of aromatic amines is 1. The Labute approximate surface area is 146 Å². The number of carbonyl (C=O) groups is 1. The maximum atomic E-state index is 13.1. The lowest BCUT2D eigenvalue weighted by atomic mass is 9.90. The number of carboxylic acid groups (broad SMARTS) is 1. The zero-order valence-electron chi connectivity index (χ0n) is 13.5. The maximum absolute atomic E-state index is 13.1. The molecule has 4 nitrogen and oxygen atoms in total. The number of alkyl halides is 3. The number of hydrogen-bond acceptors (Lipinski definition) is 2. The molecule has 2 atom stereocenters. The van der Waals surface area contributed by atoms with Crippen LogP contribution >= 0.6 is 0 Å². The average molecular weight is 360 g/mol. The van der Waals surface area contributed by atoms with Crippen molar-refractivity contribution in [1.29, 1.82) is 0 Å². The number of aromatic nitrogens is 1. The number of carboxylic acids is 1. The molecule has 26 heavy (non-hydrogen) atoms. The first-order valence-corrected chi connectivity index (χ1v) is 8.17. The highest BCUT2D eigenvalue weighted by Gasteiger charge is 2.36. The number of carbonyl (C=O) groups excluding carboxylic acids is 1. The molecule has 0 saturated carbocycles. The molecule has 2 aromatic carbocycles. The van der Waals surface area contributed by atoms with Crippen molar-refractivity contribution in [1.82, 2.24) is 4.98 Å². The minimum atomic E-state index is -4.46. The molecule has 3 N–H and O–H groups in total. The molecule has 0 unspecified atom stereocenters. The summed E-state index contributed by atoms with van der Waals surface area (Å²) in [6.45, 7) is 0. The van der Waals surface area contributed by atoms with Crippen molar-refractivity contribution in [3.8, 4) is 0 Å². The zero-order valence-corrected chi connectivity index (χ0v) is 13.5. The second kappa shape index (κ2) is 5.88. The predicted molar refractivity (Wildman–Crippen MR) is 86.0 cm³/mol. The number of rotatable bonds is 2. The van der Waals surface area contributed by atoms with Crippen molar-refractivity contribution >= 4 is 16.9 Å². The van der Waals surface area contributed by atoms with Crippen LogP contribution in [0, 0.1) is 0 Å². The molecular formula is C19H15F3N2O2. The van der Waals surface area contributed by atoms with E-state index in [1.54, 1.807) is 11.4 Å².